The van der Waals surface area contributed by atoms with E-state index in [2.05, 4.69) is 5.32 Å². The van der Waals surface area contributed by atoms with Crippen LogP contribution < -0.4 is 5.32 Å². The van der Waals surface area contributed by atoms with Gasteiger partial charge in [0, 0.05) is 12.5 Å². The third-order valence-corrected chi connectivity index (χ3v) is 2.01. The van der Waals surface area contributed by atoms with E-state index >= 15 is 0 Å². The Hall–Kier alpha value is -0.530. The van der Waals surface area contributed by atoms with Crippen LogP contribution in [0.15, 0.2) is 0 Å². The molecule has 1 heterocycles. The Morgan fingerprint density at radius 2 is 2.50 bits per heavy atom. The molecule has 2 aliphatic rings. The molecule has 0 bridgehead atoms. The van der Waals surface area contributed by atoms with E-state index < -0.39 is 0 Å². The second-order valence-corrected chi connectivity index (χ2v) is 2.71. The monoisotopic (exact) mass is 111 g/mol. The molecule has 2 unspecified atom stereocenters. The minimum absolute atomic E-state index is 0.253. The van der Waals surface area contributed by atoms with Crippen LogP contribution in [-0.4, -0.2) is 11.9 Å². The number of nitrogens with one attached hydrogen (secondary N) is 1. The Bertz CT molecular complexity index is 132. The largest absolute Gasteiger partial charge is 0.353 e. The lowest BCUT2D eigenvalue weighted by atomic mass is 10.1. The van der Waals surface area contributed by atoms with E-state index in [1.54, 1.807) is 0 Å². The fourth-order valence-corrected chi connectivity index (χ4v) is 1.34. The molecule has 2 atom stereocenters. The highest BCUT2D eigenvalue weighted by Crippen LogP contribution is 2.37. The van der Waals surface area contributed by atoms with Gasteiger partial charge in [0.05, 0.1) is 0 Å². The third-order valence-electron chi connectivity index (χ3n) is 2.01. The van der Waals surface area contributed by atoms with Gasteiger partial charge in [0.25, 0.3) is 0 Å². The molecular weight excluding hydrogens is 102 g/mol. The second kappa shape index (κ2) is 1.24. The van der Waals surface area contributed by atoms with Gasteiger partial charge in [0.1, 0.15) is 0 Å². The van der Waals surface area contributed by atoms with Crippen molar-refractivity contribution in [3.63, 3.8) is 0 Å². The summed E-state index contributed by atoms with van der Waals surface area (Å²) < 4.78 is 0. The van der Waals surface area contributed by atoms with Gasteiger partial charge in [-0.05, 0) is 18.8 Å². The van der Waals surface area contributed by atoms with Crippen LogP contribution in [0.3, 0.4) is 0 Å². The van der Waals surface area contributed by atoms with Gasteiger partial charge in [-0.3, -0.25) is 4.79 Å². The quantitative estimate of drug-likeness (QED) is 0.478. The lowest BCUT2D eigenvalue weighted by molar-refractivity contribution is -0.122. The van der Waals surface area contributed by atoms with Crippen LogP contribution in [0.5, 0.6) is 0 Å². The first-order chi connectivity index (χ1) is 3.86. The molecule has 1 aliphatic heterocycles. The molecule has 1 amide bonds. The summed E-state index contributed by atoms with van der Waals surface area (Å²) in [6, 6.07) is 0.580. The molecule has 0 aromatic rings. The molecule has 1 saturated carbocycles. The van der Waals surface area contributed by atoms with E-state index in [0.29, 0.717) is 6.04 Å². The van der Waals surface area contributed by atoms with E-state index in [1.807, 2.05) is 0 Å². The smallest absolute Gasteiger partial charge is 0.220 e. The number of piperidine rings is 1. The first kappa shape index (κ1) is 4.36. The zero-order valence-corrected chi connectivity index (χ0v) is 4.68. The predicted molar refractivity (Wildman–Crippen MR) is 29.3 cm³/mol. The zero-order valence-electron chi connectivity index (χ0n) is 4.68. The Morgan fingerprint density at radius 1 is 1.62 bits per heavy atom. The average molecular weight is 111 g/mol. The van der Waals surface area contributed by atoms with Crippen LogP contribution >= 0.6 is 0 Å². The Morgan fingerprint density at radius 3 is 3.12 bits per heavy atom. The summed E-state index contributed by atoms with van der Waals surface area (Å²) in [7, 11) is 0. The van der Waals surface area contributed by atoms with Crippen molar-refractivity contribution in [1.29, 1.82) is 0 Å². The topological polar surface area (TPSA) is 29.1 Å². The molecule has 2 heteroatoms. The normalized spacial score (nSPS) is 42.8. The van der Waals surface area contributed by atoms with Gasteiger partial charge in [0.2, 0.25) is 5.91 Å². The summed E-state index contributed by atoms with van der Waals surface area (Å²) in [6.45, 7) is 0. The number of hydrogen-bond acceptors (Lipinski definition) is 1. The number of amides is 1. The number of fused-ring (bicyclic) bond motifs is 1. The van der Waals surface area contributed by atoms with Crippen LogP contribution in [0.4, 0.5) is 0 Å². The maximum absolute atomic E-state index is 10.6. The molecular formula is C6H9NO. The van der Waals surface area contributed by atoms with Crippen molar-refractivity contribution in [3.05, 3.63) is 0 Å². The minimum Gasteiger partial charge on any atom is -0.353 e. The molecule has 8 heavy (non-hydrogen) atoms. The first-order valence-electron chi connectivity index (χ1n) is 3.15. The molecule has 0 radical (unpaired) electrons. The molecule has 0 spiro atoms. The van der Waals surface area contributed by atoms with Crippen molar-refractivity contribution in [1.82, 2.24) is 5.32 Å². The predicted octanol–water partition coefficient (Wildman–Crippen LogP) is 0.285. The lowest BCUT2D eigenvalue weighted by Gasteiger charge is -2.08. The Labute approximate surface area is 48.3 Å². The molecule has 1 aliphatic carbocycles. The van der Waals surface area contributed by atoms with E-state index in [9.17, 15) is 4.79 Å². The summed E-state index contributed by atoms with van der Waals surface area (Å²) in [6.07, 6.45) is 3.14. The maximum Gasteiger partial charge on any atom is 0.220 e. The first-order valence-corrected chi connectivity index (χ1v) is 3.15. The number of carbonyl (C=O) groups is 1. The number of rotatable bonds is 0. The van der Waals surface area contributed by atoms with Crippen molar-refractivity contribution in [2.45, 2.75) is 25.3 Å². The standard InChI is InChI=1S/C6H9NO/c8-6-2-1-4-3-5(4)7-6/h4-5H,1-3H2,(H,7,8). The summed E-state index contributed by atoms with van der Waals surface area (Å²) in [5.41, 5.74) is 0. The van der Waals surface area contributed by atoms with Crippen LogP contribution in [0.2, 0.25) is 0 Å². The van der Waals surface area contributed by atoms with Gasteiger partial charge < -0.3 is 5.32 Å². The molecule has 44 valence electrons. The van der Waals surface area contributed by atoms with Gasteiger partial charge in [-0.25, -0.2) is 0 Å². The van der Waals surface area contributed by atoms with Crippen LogP contribution in [0.25, 0.3) is 0 Å². The number of carbonyl (C=O) groups excluding carboxylic acids is 1. The van der Waals surface area contributed by atoms with Gasteiger partial charge >= 0.3 is 0 Å². The number of hydrogen-bond donors (Lipinski definition) is 1. The van der Waals surface area contributed by atoms with Crippen molar-refractivity contribution in [2.24, 2.45) is 5.92 Å². The van der Waals surface area contributed by atoms with Gasteiger partial charge in [-0.1, -0.05) is 0 Å². The fourth-order valence-electron chi connectivity index (χ4n) is 1.34. The van der Waals surface area contributed by atoms with Gasteiger partial charge in [-0.2, -0.15) is 0 Å². The summed E-state index contributed by atoms with van der Waals surface area (Å²) in [5, 5.41) is 2.91. The summed E-state index contributed by atoms with van der Waals surface area (Å²) in [4.78, 5) is 10.6. The van der Waals surface area contributed by atoms with E-state index in [-0.39, 0.29) is 5.91 Å². The highest BCUT2D eigenvalue weighted by atomic mass is 16.1. The molecule has 0 aromatic carbocycles. The maximum atomic E-state index is 10.6. The summed E-state index contributed by atoms with van der Waals surface area (Å²) >= 11 is 0. The van der Waals surface area contributed by atoms with Crippen molar-refractivity contribution in [3.8, 4) is 0 Å². The Balaban J connectivity index is 2.02. The van der Waals surface area contributed by atoms with Crippen molar-refractivity contribution in [2.75, 3.05) is 0 Å². The third kappa shape index (κ3) is 0.522. The highest BCUT2D eigenvalue weighted by Gasteiger charge is 2.41. The van der Waals surface area contributed by atoms with E-state index in [0.717, 1.165) is 18.8 Å². The van der Waals surface area contributed by atoms with Crippen molar-refractivity contribution >= 4 is 5.91 Å². The van der Waals surface area contributed by atoms with Crippen molar-refractivity contribution < 1.29 is 4.79 Å². The zero-order chi connectivity index (χ0) is 5.56. The van der Waals surface area contributed by atoms with Crippen LogP contribution in [0.1, 0.15) is 19.3 Å². The fraction of sp³-hybridized carbons (Fsp3) is 0.833. The molecule has 2 rings (SSSR count). The molecule has 1 saturated heterocycles. The summed E-state index contributed by atoms with van der Waals surface area (Å²) in [5.74, 6) is 1.11. The van der Waals surface area contributed by atoms with Crippen LogP contribution in [-0.2, 0) is 4.79 Å². The Kier molecular flexibility index (Phi) is 0.678. The highest BCUT2D eigenvalue weighted by molar-refractivity contribution is 5.77. The van der Waals surface area contributed by atoms with E-state index in [4.69, 9.17) is 0 Å². The van der Waals surface area contributed by atoms with E-state index in [1.165, 1.54) is 6.42 Å². The van der Waals surface area contributed by atoms with Gasteiger partial charge in [-0.15, -0.1) is 0 Å². The molecule has 0 aromatic heterocycles. The second-order valence-electron chi connectivity index (χ2n) is 2.71. The average Bonchev–Trinajstić information content (AvgIpc) is 2.43. The van der Waals surface area contributed by atoms with Crippen LogP contribution in [0, 0.1) is 5.92 Å². The lowest BCUT2D eigenvalue weighted by Crippen LogP contribution is -2.30. The minimum atomic E-state index is 0.253. The van der Waals surface area contributed by atoms with Gasteiger partial charge in [0.15, 0.2) is 0 Å². The SMILES string of the molecule is O=C1CCC2CC2N1. The molecule has 2 nitrogen and oxygen atoms in total. The molecule has 1 N–H and O–H groups in total. The molecule has 2 fully saturated rings.